The van der Waals surface area contributed by atoms with Crippen molar-refractivity contribution in [3.05, 3.63) is 39.5 Å². The first-order valence-corrected chi connectivity index (χ1v) is 6.68. The maximum Gasteiger partial charge on any atom is 0.228 e. The van der Waals surface area contributed by atoms with E-state index in [9.17, 15) is 4.79 Å². The molecule has 84 valence electrons. The van der Waals surface area contributed by atoms with Crippen LogP contribution in [-0.4, -0.2) is 10.3 Å². The first kappa shape index (κ1) is 11.3. The Kier molecular flexibility index (Phi) is 3.69. The lowest BCUT2D eigenvalue weighted by molar-refractivity contribution is -0.122. The van der Waals surface area contributed by atoms with Gasteiger partial charge in [0.1, 0.15) is 0 Å². The van der Waals surface area contributed by atoms with Crippen LogP contribution in [0.1, 0.15) is 23.3 Å². The molecule has 3 nitrogen and oxygen atoms in total. The molecule has 0 aliphatic carbocycles. The molecule has 2 rings (SSSR count). The lowest BCUT2D eigenvalue weighted by Gasteiger charge is -2.09. The number of aromatic nitrogens is 1. The van der Waals surface area contributed by atoms with Gasteiger partial charge in [-0.1, -0.05) is 6.07 Å². The molecule has 0 saturated carbocycles. The van der Waals surface area contributed by atoms with E-state index in [1.54, 1.807) is 17.5 Å². The predicted octanol–water partition coefficient (Wildman–Crippen LogP) is 2.62. The Morgan fingerprint density at radius 1 is 1.62 bits per heavy atom. The average molecular weight is 252 g/mol. The van der Waals surface area contributed by atoms with Crippen molar-refractivity contribution in [2.75, 3.05) is 0 Å². The summed E-state index contributed by atoms with van der Waals surface area (Å²) in [5.74, 6) is -0.0137. The van der Waals surface area contributed by atoms with Crippen LogP contribution >= 0.6 is 22.9 Å². The monoisotopic (exact) mass is 252 g/mol. The van der Waals surface area contributed by atoms with Crippen molar-refractivity contribution in [2.45, 2.75) is 19.4 Å². The number of nitrogens with zero attached hydrogens (tertiary/aromatic N) is 1. The van der Waals surface area contributed by atoms with E-state index in [1.807, 2.05) is 29.8 Å². The van der Waals surface area contributed by atoms with Crippen molar-refractivity contribution in [3.63, 3.8) is 0 Å². The van der Waals surface area contributed by atoms with Gasteiger partial charge in [-0.2, -0.15) is 0 Å². The number of carbonyl (C=O) groups is 1. The Labute approximate surface area is 102 Å². The van der Waals surface area contributed by atoms with Gasteiger partial charge in [-0.05, 0) is 29.9 Å². The van der Waals surface area contributed by atoms with Crippen LogP contribution in [0.15, 0.2) is 29.1 Å². The topological polar surface area (TPSA) is 42.0 Å². The van der Waals surface area contributed by atoms with E-state index >= 15 is 0 Å². The van der Waals surface area contributed by atoms with Crippen LogP contribution < -0.4 is 5.32 Å². The van der Waals surface area contributed by atoms with Crippen molar-refractivity contribution in [3.8, 4) is 0 Å². The number of thiophene rings is 1. The van der Waals surface area contributed by atoms with E-state index in [4.69, 9.17) is 0 Å². The Hall–Kier alpha value is -1.20. The minimum atomic E-state index is -0.0772. The lowest BCUT2D eigenvalue weighted by Crippen LogP contribution is -2.26. The van der Waals surface area contributed by atoms with Crippen LogP contribution in [0.25, 0.3) is 0 Å². The number of amides is 1. The van der Waals surface area contributed by atoms with Crippen LogP contribution in [0.5, 0.6) is 0 Å². The molecule has 0 aliphatic rings. The normalized spacial score (nSPS) is 12.3. The van der Waals surface area contributed by atoms with Crippen molar-refractivity contribution in [1.82, 2.24) is 9.69 Å². The molecule has 1 atom stereocenters. The molecule has 1 amide bonds. The Balaban J connectivity index is 1.89. The minimum absolute atomic E-state index is 0.0636. The van der Waals surface area contributed by atoms with Crippen molar-refractivity contribution in [2.24, 2.45) is 0 Å². The summed E-state index contributed by atoms with van der Waals surface area (Å²) in [6.45, 7) is 2.48. The zero-order chi connectivity index (χ0) is 11.4. The molecule has 2 heterocycles. The molecule has 2 aromatic heterocycles. The molecule has 0 spiro atoms. The molecule has 16 heavy (non-hydrogen) atoms. The highest BCUT2D eigenvalue weighted by Gasteiger charge is 2.15. The lowest BCUT2D eigenvalue weighted by atomic mass is 10.1. The minimum Gasteiger partial charge on any atom is -0.351 e. The third-order valence-corrected chi connectivity index (χ3v) is 4.00. The standard InChI is InChI=1S/C11H12N2OS2/c1-8(10-3-2-4-15-10)11(14)12-5-9-6-13-16-7-9/h2-4,6-8H,5H2,1H3,(H,12,14). The molecular formula is C11H12N2OS2. The van der Waals surface area contributed by atoms with Gasteiger partial charge in [0.2, 0.25) is 5.91 Å². The van der Waals surface area contributed by atoms with E-state index in [2.05, 4.69) is 9.69 Å². The summed E-state index contributed by atoms with van der Waals surface area (Å²) in [4.78, 5) is 12.9. The summed E-state index contributed by atoms with van der Waals surface area (Å²) in [7, 11) is 0. The molecule has 0 radical (unpaired) electrons. The number of carbonyl (C=O) groups excluding carboxylic acids is 1. The van der Waals surface area contributed by atoms with Gasteiger partial charge in [0.15, 0.2) is 0 Å². The number of rotatable bonds is 4. The second-order valence-corrected chi connectivity index (χ2v) is 5.12. The SMILES string of the molecule is CC(C(=O)NCc1cnsc1)c1cccs1. The quantitative estimate of drug-likeness (QED) is 0.909. The van der Waals surface area contributed by atoms with Gasteiger partial charge < -0.3 is 5.32 Å². The highest BCUT2D eigenvalue weighted by atomic mass is 32.1. The second-order valence-electron chi connectivity index (χ2n) is 3.49. The maximum absolute atomic E-state index is 11.8. The van der Waals surface area contributed by atoms with E-state index in [0.29, 0.717) is 6.54 Å². The van der Waals surface area contributed by atoms with E-state index in [0.717, 1.165) is 10.4 Å². The molecule has 0 aliphatic heterocycles. The zero-order valence-corrected chi connectivity index (χ0v) is 10.5. The van der Waals surface area contributed by atoms with Gasteiger partial charge in [-0.15, -0.1) is 11.3 Å². The predicted molar refractivity (Wildman–Crippen MR) is 66.7 cm³/mol. The zero-order valence-electron chi connectivity index (χ0n) is 8.84. The summed E-state index contributed by atoms with van der Waals surface area (Å²) in [5, 5.41) is 6.84. The van der Waals surface area contributed by atoms with Crippen LogP contribution in [0, 0.1) is 0 Å². The second kappa shape index (κ2) is 5.23. The Morgan fingerprint density at radius 2 is 2.50 bits per heavy atom. The summed E-state index contributed by atoms with van der Waals surface area (Å²) >= 11 is 3.01. The van der Waals surface area contributed by atoms with Crippen LogP contribution in [0.2, 0.25) is 0 Å². The number of nitrogens with one attached hydrogen (secondary N) is 1. The van der Waals surface area contributed by atoms with Crippen molar-refractivity contribution in [1.29, 1.82) is 0 Å². The van der Waals surface area contributed by atoms with Gasteiger partial charge >= 0.3 is 0 Å². The first-order valence-electron chi connectivity index (χ1n) is 4.96. The molecule has 0 fully saturated rings. The highest BCUT2D eigenvalue weighted by molar-refractivity contribution is 7.10. The fraction of sp³-hybridized carbons (Fsp3) is 0.273. The molecule has 1 unspecified atom stereocenters. The van der Waals surface area contributed by atoms with Gasteiger partial charge in [0, 0.05) is 28.6 Å². The molecule has 0 saturated heterocycles. The third-order valence-electron chi connectivity index (χ3n) is 2.31. The first-order chi connectivity index (χ1) is 7.77. The van der Waals surface area contributed by atoms with Gasteiger partial charge in [0.25, 0.3) is 0 Å². The van der Waals surface area contributed by atoms with Crippen LogP contribution in [-0.2, 0) is 11.3 Å². The molecule has 1 N–H and O–H groups in total. The van der Waals surface area contributed by atoms with Gasteiger partial charge in [-0.25, -0.2) is 4.37 Å². The van der Waals surface area contributed by atoms with Crippen LogP contribution in [0.3, 0.4) is 0 Å². The highest BCUT2D eigenvalue weighted by Crippen LogP contribution is 2.20. The van der Waals surface area contributed by atoms with E-state index in [1.165, 1.54) is 11.5 Å². The number of hydrogen-bond acceptors (Lipinski definition) is 4. The largest absolute Gasteiger partial charge is 0.351 e. The third kappa shape index (κ3) is 2.68. The maximum atomic E-state index is 11.8. The molecule has 5 heteroatoms. The summed E-state index contributed by atoms with van der Waals surface area (Å²) in [6, 6.07) is 3.95. The fourth-order valence-electron chi connectivity index (χ4n) is 1.32. The van der Waals surface area contributed by atoms with Crippen LogP contribution in [0.4, 0.5) is 0 Å². The molecule has 0 aromatic carbocycles. The van der Waals surface area contributed by atoms with E-state index in [-0.39, 0.29) is 11.8 Å². The summed E-state index contributed by atoms with van der Waals surface area (Å²) in [5.41, 5.74) is 1.05. The summed E-state index contributed by atoms with van der Waals surface area (Å²) < 4.78 is 3.99. The van der Waals surface area contributed by atoms with E-state index < -0.39 is 0 Å². The number of hydrogen-bond donors (Lipinski definition) is 1. The Morgan fingerprint density at radius 3 is 3.12 bits per heavy atom. The fourth-order valence-corrected chi connectivity index (χ4v) is 2.64. The smallest absolute Gasteiger partial charge is 0.228 e. The summed E-state index contributed by atoms with van der Waals surface area (Å²) in [6.07, 6.45) is 1.78. The Bertz CT molecular complexity index is 437. The van der Waals surface area contributed by atoms with Crippen molar-refractivity contribution >= 4 is 28.8 Å². The van der Waals surface area contributed by atoms with Crippen molar-refractivity contribution < 1.29 is 4.79 Å². The van der Waals surface area contributed by atoms with Gasteiger partial charge in [0.05, 0.1) is 5.92 Å². The molecule has 0 bridgehead atoms. The average Bonchev–Trinajstić information content (AvgIpc) is 2.96. The molecule has 2 aromatic rings. The molecular weight excluding hydrogens is 240 g/mol. The van der Waals surface area contributed by atoms with Gasteiger partial charge in [-0.3, -0.25) is 4.79 Å².